The van der Waals surface area contributed by atoms with Crippen LogP contribution in [0.1, 0.15) is 0 Å². The molecule has 0 saturated carbocycles. The van der Waals surface area contributed by atoms with E-state index in [-0.39, 0.29) is 5.32 Å². The monoisotopic (exact) mass is 459 g/mol. The maximum absolute atomic E-state index is 10.8. The molecule has 1 rings (SSSR count). The Bertz CT molecular complexity index is 517. The molecule has 25 heavy (non-hydrogen) atoms. The molecular weight excluding hydrogens is 435 g/mol. The summed E-state index contributed by atoms with van der Waals surface area (Å²) in [5.74, 6) is 0. The molecule has 2 unspecified atom stereocenters. The van der Waals surface area contributed by atoms with Gasteiger partial charge in [-0.25, -0.2) is 0 Å². The number of aliphatic hydroxyl groups is 7. The predicted octanol–water partition coefficient (Wildman–Crippen LogP) is -5.87. The van der Waals surface area contributed by atoms with Crippen molar-refractivity contribution in [3.05, 3.63) is 0 Å². The van der Waals surface area contributed by atoms with Crippen molar-refractivity contribution in [1.82, 2.24) is 0 Å². The van der Waals surface area contributed by atoms with Crippen LogP contribution in [-0.4, -0.2) is 123 Å². The SMILES string of the molecule is O=S(=O)([O-])O[C@@H]([C@H](O)[C@H](O)C[OH2+])[C@@H](O)C(O)[Se+]1C[C@@H](O)[C@H](O)[C@H]1CO. The summed E-state index contributed by atoms with van der Waals surface area (Å²) in [6.07, 6.45) is -11.1. The van der Waals surface area contributed by atoms with E-state index in [1.807, 2.05) is 0 Å². The van der Waals surface area contributed by atoms with Crippen LogP contribution in [0.4, 0.5) is 0 Å². The van der Waals surface area contributed by atoms with Crippen LogP contribution in [-0.2, 0) is 14.6 Å². The Morgan fingerprint density at radius 3 is 2.20 bits per heavy atom. The van der Waals surface area contributed by atoms with Crippen LogP contribution in [0.25, 0.3) is 0 Å². The number of aliphatic hydroxyl groups excluding tert-OH is 7. The summed E-state index contributed by atoms with van der Waals surface area (Å²) in [4.78, 5) is -0.942. The van der Waals surface area contributed by atoms with E-state index in [2.05, 4.69) is 4.18 Å². The van der Waals surface area contributed by atoms with Gasteiger partial charge in [-0.2, -0.15) is 0 Å². The van der Waals surface area contributed by atoms with Gasteiger partial charge in [0, 0.05) is 0 Å². The number of rotatable bonds is 9. The van der Waals surface area contributed by atoms with Crippen molar-refractivity contribution in [1.29, 1.82) is 0 Å². The predicted molar refractivity (Wildman–Crippen MR) is 80.5 cm³/mol. The van der Waals surface area contributed by atoms with E-state index in [4.69, 9.17) is 5.11 Å². The summed E-state index contributed by atoms with van der Waals surface area (Å²) in [5.41, 5.74) is 0. The quantitative estimate of drug-likeness (QED) is 0.0744. The number of hydrogen-bond acceptors (Lipinski definition) is 11. The van der Waals surface area contributed by atoms with Crippen LogP contribution >= 0.6 is 0 Å². The molecule has 0 aromatic heterocycles. The molecule has 12 nitrogen and oxygen atoms in total. The molecule has 1 saturated heterocycles. The Hall–Kier alpha value is 0.0695. The van der Waals surface area contributed by atoms with E-state index in [9.17, 15) is 48.7 Å². The van der Waals surface area contributed by atoms with Gasteiger partial charge < -0.3 is 0 Å². The summed E-state index contributed by atoms with van der Waals surface area (Å²) in [6.45, 7) is -1.42. The molecule has 0 aliphatic carbocycles. The van der Waals surface area contributed by atoms with Gasteiger partial charge in [0.15, 0.2) is 0 Å². The van der Waals surface area contributed by atoms with Gasteiger partial charge in [0.2, 0.25) is 0 Å². The van der Waals surface area contributed by atoms with E-state index in [0.29, 0.717) is 0 Å². The fourth-order valence-corrected chi connectivity index (χ4v) is 8.50. The minimum atomic E-state index is -5.44. The first-order valence-corrected chi connectivity index (χ1v) is 11.6. The minimum absolute atomic E-state index is 0.140. The maximum atomic E-state index is 10.8. The van der Waals surface area contributed by atoms with Gasteiger partial charge in [-0.3, -0.25) is 0 Å². The first kappa shape index (κ1) is 23.1. The molecule has 0 bridgehead atoms. The second-order valence-electron chi connectivity index (χ2n) is 5.53. The fourth-order valence-electron chi connectivity index (χ4n) is 2.46. The van der Waals surface area contributed by atoms with Crippen LogP contribution in [0, 0.1) is 0 Å². The van der Waals surface area contributed by atoms with Crippen LogP contribution in [0.2, 0.25) is 10.1 Å². The molecule has 0 aromatic carbocycles. The van der Waals surface area contributed by atoms with Gasteiger partial charge >= 0.3 is 147 Å². The van der Waals surface area contributed by atoms with Gasteiger partial charge in [-0.1, -0.05) is 0 Å². The van der Waals surface area contributed by atoms with Gasteiger partial charge in [0.25, 0.3) is 0 Å². The molecular formula is C11H23O12SSe+. The van der Waals surface area contributed by atoms with Gasteiger partial charge in [-0.15, -0.1) is 0 Å². The Balaban J connectivity index is 3.04. The summed E-state index contributed by atoms with van der Waals surface area (Å²) in [7, 11) is -5.44. The van der Waals surface area contributed by atoms with Crippen molar-refractivity contribution in [3.63, 3.8) is 0 Å². The van der Waals surface area contributed by atoms with Crippen LogP contribution < -0.4 is 0 Å². The zero-order chi connectivity index (χ0) is 19.5. The van der Waals surface area contributed by atoms with Crippen LogP contribution in [0.5, 0.6) is 0 Å². The summed E-state index contributed by atoms with van der Waals surface area (Å²) < 4.78 is 36.5. The third-order valence-electron chi connectivity index (χ3n) is 3.82. The van der Waals surface area contributed by atoms with E-state index in [0.717, 1.165) is 0 Å². The fraction of sp³-hybridized carbons (Fsp3) is 1.00. The molecule has 9 atom stereocenters. The van der Waals surface area contributed by atoms with Crippen molar-refractivity contribution < 1.29 is 58.0 Å². The number of hydrogen-bond donors (Lipinski definition) is 7. The van der Waals surface area contributed by atoms with E-state index >= 15 is 0 Å². The van der Waals surface area contributed by atoms with Crippen LogP contribution in [0.15, 0.2) is 0 Å². The Morgan fingerprint density at radius 2 is 1.76 bits per heavy atom. The van der Waals surface area contributed by atoms with E-state index < -0.39 is 84.0 Å². The van der Waals surface area contributed by atoms with E-state index in [1.165, 1.54) is 0 Å². The van der Waals surface area contributed by atoms with Gasteiger partial charge in [0.05, 0.1) is 0 Å². The van der Waals surface area contributed by atoms with Crippen LogP contribution in [0.3, 0.4) is 0 Å². The van der Waals surface area contributed by atoms with Crippen molar-refractivity contribution >= 4 is 24.3 Å². The molecule has 14 heteroatoms. The zero-order valence-electron chi connectivity index (χ0n) is 12.8. The molecule has 1 aliphatic rings. The Kier molecular flexibility index (Phi) is 8.62. The second-order valence-corrected chi connectivity index (χ2v) is 11.5. The zero-order valence-corrected chi connectivity index (χ0v) is 15.3. The van der Waals surface area contributed by atoms with Crippen molar-refractivity contribution in [3.8, 4) is 0 Å². The van der Waals surface area contributed by atoms with E-state index in [1.54, 1.807) is 0 Å². The van der Waals surface area contributed by atoms with Gasteiger partial charge in [0.1, 0.15) is 0 Å². The standard InChI is InChI=1S/C11H22O12SSe/c12-1-4(14)8(17)10(23-24(20,21)22)9(18)11(19)25-3-5(15)7(16)6(25)2-13/h4-19H,1-3H2/p+1/t4-,5-,6-,7+,8-,9-,10+,11?,25?/m1/s1. The molecule has 9 N–H and O–H groups in total. The van der Waals surface area contributed by atoms with Gasteiger partial charge in [-0.05, 0) is 0 Å². The molecule has 1 heterocycles. The summed E-state index contributed by atoms with van der Waals surface area (Å²) >= 11 is -2.57. The normalized spacial score (nSPS) is 33.6. The van der Waals surface area contributed by atoms with Crippen molar-refractivity contribution in [2.75, 3.05) is 13.2 Å². The molecule has 150 valence electrons. The molecule has 0 spiro atoms. The first-order chi connectivity index (χ1) is 11.4. The molecule has 0 radical (unpaired) electrons. The summed E-state index contributed by atoms with van der Waals surface area (Å²) in [5, 5.41) is 73.5. The average Bonchev–Trinajstić information content (AvgIpc) is 2.83. The molecule has 0 aromatic rings. The Morgan fingerprint density at radius 1 is 1.20 bits per heavy atom. The van der Waals surface area contributed by atoms with Crippen molar-refractivity contribution in [2.45, 2.75) is 51.8 Å². The molecule has 1 fully saturated rings. The third-order valence-corrected chi connectivity index (χ3v) is 10.2. The topological polar surface area (TPSA) is 231 Å². The molecule has 0 amide bonds. The summed E-state index contributed by atoms with van der Waals surface area (Å²) in [6, 6.07) is 0. The third kappa shape index (κ3) is 5.77. The second kappa shape index (κ2) is 9.32. The molecule has 1 aliphatic heterocycles. The Labute approximate surface area is 147 Å². The average molecular weight is 458 g/mol. The van der Waals surface area contributed by atoms with Crippen molar-refractivity contribution in [2.24, 2.45) is 0 Å². The first-order valence-electron chi connectivity index (χ1n) is 7.11.